The number of cyclic esters (lactones) is 1. The molecule has 0 aliphatic carbocycles. The standard InChI is InChI=1S/C15H26O3.C7H12O2/c1-3-5-7-8-10-13-14(18-15(13)17)11-12(16)9-6-4-2;1-2-3-4-7(9)5-6-8/h4,12-14,16H,2-3,5-11H2,1H3;2,6-7,9H,1,3-5H2/t12-,13+,14+;7-/m11/s1. The van der Waals surface area contributed by atoms with Gasteiger partial charge in [-0.1, -0.05) is 44.8 Å². The third-order valence-corrected chi connectivity index (χ3v) is 4.67. The number of aliphatic hydroxyl groups excluding tert-OH is 2. The van der Waals surface area contributed by atoms with Crippen molar-refractivity contribution in [1.29, 1.82) is 0 Å². The lowest BCUT2D eigenvalue weighted by molar-refractivity contribution is -0.188. The average molecular weight is 383 g/mol. The van der Waals surface area contributed by atoms with E-state index in [1.54, 1.807) is 12.2 Å². The fraction of sp³-hybridized carbons (Fsp3) is 0.727. The summed E-state index contributed by atoms with van der Waals surface area (Å²) in [6.45, 7) is 9.30. The van der Waals surface area contributed by atoms with Crippen molar-refractivity contribution in [3.05, 3.63) is 25.3 Å². The Morgan fingerprint density at radius 1 is 1.07 bits per heavy atom. The number of ether oxygens (including phenoxy) is 1. The van der Waals surface area contributed by atoms with E-state index in [4.69, 9.17) is 9.84 Å². The van der Waals surface area contributed by atoms with Crippen LogP contribution in [0.3, 0.4) is 0 Å². The molecule has 0 radical (unpaired) electrons. The molecule has 0 amide bonds. The molecule has 27 heavy (non-hydrogen) atoms. The van der Waals surface area contributed by atoms with Crippen molar-refractivity contribution in [2.24, 2.45) is 5.92 Å². The number of unbranched alkanes of at least 4 members (excludes halogenated alkanes) is 3. The molecule has 5 heteroatoms. The van der Waals surface area contributed by atoms with Crippen LogP contribution in [-0.4, -0.2) is 40.8 Å². The van der Waals surface area contributed by atoms with Gasteiger partial charge in [-0.2, -0.15) is 0 Å². The van der Waals surface area contributed by atoms with Gasteiger partial charge in [0.2, 0.25) is 0 Å². The van der Waals surface area contributed by atoms with E-state index in [9.17, 15) is 14.7 Å². The normalized spacial score (nSPS) is 20.3. The van der Waals surface area contributed by atoms with Crippen molar-refractivity contribution in [2.75, 3.05) is 0 Å². The van der Waals surface area contributed by atoms with Crippen LogP contribution < -0.4 is 0 Å². The predicted molar refractivity (Wildman–Crippen MR) is 108 cm³/mol. The summed E-state index contributed by atoms with van der Waals surface area (Å²) in [6, 6.07) is 0. The second kappa shape index (κ2) is 16.7. The molecule has 1 aliphatic heterocycles. The minimum Gasteiger partial charge on any atom is -0.461 e. The lowest BCUT2D eigenvalue weighted by Crippen LogP contribution is -2.46. The van der Waals surface area contributed by atoms with Gasteiger partial charge >= 0.3 is 5.97 Å². The van der Waals surface area contributed by atoms with E-state index in [0.29, 0.717) is 19.3 Å². The van der Waals surface area contributed by atoms with Gasteiger partial charge in [0.05, 0.1) is 18.1 Å². The van der Waals surface area contributed by atoms with Crippen LogP contribution in [0.1, 0.15) is 77.6 Å². The molecule has 0 unspecified atom stereocenters. The quantitative estimate of drug-likeness (QED) is 0.193. The van der Waals surface area contributed by atoms with Gasteiger partial charge < -0.3 is 19.7 Å². The summed E-state index contributed by atoms with van der Waals surface area (Å²) in [6.07, 6.45) is 12.7. The van der Waals surface area contributed by atoms with E-state index < -0.39 is 6.10 Å². The lowest BCUT2D eigenvalue weighted by Gasteiger charge is -2.36. The summed E-state index contributed by atoms with van der Waals surface area (Å²) < 4.78 is 5.13. The molecule has 0 spiro atoms. The number of aldehydes is 1. The monoisotopic (exact) mass is 382 g/mol. The molecule has 4 atom stereocenters. The largest absolute Gasteiger partial charge is 0.461 e. The number of carbonyl (C=O) groups is 2. The summed E-state index contributed by atoms with van der Waals surface area (Å²) in [5.74, 6) is -0.0485. The van der Waals surface area contributed by atoms with E-state index in [-0.39, 0.29) is 30.5 Å². The van der Waals surface area contributed by atoms with Gasteiger partial charge in [-0.25, -0.2) is 0 Å². The Bertz CT molecular complexity index is 421. The minimum absolute atomic E-state index is 0.0280. The van der Waals surface area contributed by atoms with Crippen LogP contribution >= 0.6 is 0 Å². The van der Waals surface area contributed by atoms with Crippen molar-refractivity contribution >= 4 is 12.3 Å². The first-order valence-corrected chi connectivity index (χ1v) is 10.2. The fourth-order valence-electron chi connectivity index (χ4n) is 2.94. The zero-order valence-electron chi connectivity index (χ0n) is 16.9. The molecule has 0 bridgehead atoms. The third-order valence-electron chi connectivity index (χ3n) is 4.67. The van der Waals surface area contributed by atoms with Gasteiger partial charge in [0.25, 0.3) is 0 Å². The van der Waals surface area contributed by atoms with E-state index >= 15 is 0 Å². The molecule has 1 saturated heterocycles. The number of aliphatic hydroxyl groups is 2. The van der Waals surface area contributed by atoms with Crippen LogP contribution in [0.15, 0.2) is 25.3 Å². The van der Waals surface area contributed by atoms with Gasteiger partial charge in [0.15, 0.2) is 0 Å². The van der Waals surface area contributed by atoms with Crippen molar-refractivity contribution in [1.82, 2.24) is 0 Å². The highest BCUT2D eigenvalue weighted by molar-refractivity contribution is 5.78. The second-order valence-corrected chi connectivity index (χ2v) is 7.11. The Labute approximate surface area is 164 Å². The summed E-state index contributed by atoms with van der Waals surface area (Å²) in [4.78, 5) is 21.2. The fourth-order valence-corrected chi connectivity index (χ4v) is 2.94. The van der Waals surface area contributed by atoms with Crippen molar-refractivity contribution in [2.45, 2.75) is 95.9 Å². The summed E-state index contributed by atoms with van der Waals surface area (Å²) in [7, 11) is 0. The van der Waals surface area contributed by atoms with E-state index in [1.165, 1.54) is 19.3 Å². The number of esters is 1. The Kier molecular flexibility index (Phi) is 15.8. The van der Waals surface area contributed by atoms with Crippen LogP contribution in [-0.2, 0) is 14.3 Å². The highest BCUT2D eigenvalue weighted by Crippen LogP contribution is 2.31. The number of hydrogen-bond acceptors (Lipinski definition) is 5. The molecular weight excluding hydrogens is 344 g/mol. The Morgan fingerprint density at radius 2 is 1.70 bits per heavy atom. The number of rotatable bonds is 15. The summed E-state index contributed by atoms with van der Waals surface area (Å²) in [5.41, 5.74) is 0. The molecule has 156 valence electrons. The Balaban J connectivity index is 0.000000636. The van der Waals surface area contributed by atoms with Gasteiger partial charge in [0, 0.05) is 12.8 Å². The first-order chi connectivity index (χ1) is 13.0. The molecule has 1 heterocycles. The predicted octanol–water partition coefficient (Wildman–Crippen LogP) is 4.12. The van der Waals surface area contributed by atoms with Crippen LogP contribution in [0.25, 0.3) is 0 Å². The summed E-state index contributed by atoms with van der Waals surface area (Å²) in [5, 5.41) is 18.7. The summed E-state index contributed by atoms with van der Waals surface area (Å²) >= 11 is 0. The Hall–Kier alpha value is -1.46. The van der Waals surface area contributed by atoms with Gasteiger partial charge in [0.1, 0.15) is 12.4 Å². The van der Waals surface area contributed by atoms with Gasteiger partial charge in [-0.15, -0.1) is 13.2 Å². The van der Waals surface area contributed by atoms with E-state index in [1.807, 2.05) is 0 Å². The van der Waals surface area contributed by atoms with Gasteiger partial charge in [-0.05, 0) is 32.1 Å². The number of carbonyl (C=O) groups excluding carboxylic acids is 2. The maximum atomic E-state index is 11.4. The van der Waals surface area contributed by atoms with Crippen molar-refractivity contribution in [3.63, 3.8) is 0 Å². The molecule has 1 aliphatic rings. The lowest BCUT2D eigenvalue weighted by atomic mass is 9.87. The van der Waals surface area contributed by atoms with Crippen LogP contribution in [0.4, 0.5) is 0 Å². The zero-order valence-corrected chi connectivity index (χ0v) is 16.9. The van der Waals surface area contributed by atoms with Gasteiger partial charge in [-0.3, -0.25) is 4.79 Å². The first-order valence-electron chi connectivity index (χ1n) is 10.2. The molecule has 1 fully saturated rings. The first kappa shape index (κ1) is 25.5. The zero-order chi connectivity index (χ0) is 20.5. The smallest absolute Gasteiger partial charge is 0.313 e. The molecule has 5 nitrogen and oxygen atoms in total. The second-order valence-electron chi connectivity index (χ2n) is 7.11. The third kappa shape index (κ3) is 12.5. The Morgan fingerprint density at radius 3 is 2.22 bits per heavy atom. The molecule has 2 N–H and O–H groups in total. The number of hydrogen-bond donors (Lipinski definition) is 2. The molecular formula is C22H38O5. The van der Waals surface area contributed by atoms with Crippen LogP contribution in [0.5, 0.6) is 0 Å². The topological polar surface area (TPSA) is 83.8 Å². The molecule has 0 aromatic rings. The van der Waals surface area contributed by atoms with Crippen molar-refractivity contribution in [3.8, 4) is 0 Å². The number of allylic oxidation sites excluding steroid dienone is 2. The highest BCUT2D eigenvalue weighted by atomic mass is 16.6. The average Bonchev–Trinajstić information content (AvgIpc) is 2.65. The van der Waals surface area contributed by atoms with Crippen molar-refractivity contribution < 1.29 is 24.5 Å². The van der Waals surface area contributed by atoms with E-state index in [0.717, 1.165) is 32.0 Å². The van der Waals surface area contributed by atoms with Crippen LogP contribution in [0.2, 0.25) is 0 Å². The molecule has 0 aromatic heterocycles. The minimum atomic E-state index is -0.472. The molecule has 1 rings (SSSR count). The maximum absolute atomic E-state index is 11.4. The van der Waals surface area contributed by atoms with E-state index in [2.05, 4.69) is 20.1 Å². The SMILES string of the molecule is C=CCC[C@@H](O)CC=O.C=CCC[C@@H](O)C[C@@H]1OC(=O)[C@H]1CCCCCC. The molecule has 0 aromatic carbocycles. The van der Waals surface area contributed by atoms with Crippen LogP contribution in [0, 0.1) is 5.92 Å². The molecule has 0 saturated carbocycles. The maximum Gasteiger partial charge on any atom is 0.313 e. The highest BCUT2D eigenvalue weighted by Gasteiger charge is 2.42.